The van der Waals surface area contributed by atoms with Crippen molar-refractivity contribution in [1.82, 2.24) is 10.7 Å². The van der Waals surface area contributed by atoms with Crippen LogP contribution in [-0.4, -0.2) is 50.0 Å². The van der Waals surface area contributed by atoms with Crippen molar-refractivity contribution in [1.29, 1.82) is 0 Å². The van der Waals surface area contributed by atoms with Crippen LogP contribution < -0.4 is 20.4 Å². The zero-order valence-corrected chi connectivity index (χ0v) is 19.8. The highest BCUT2D eigenvalue weighted by Gasteiger charge is 2.47. The smallest absolute Gasteiger partial charge is 0.304 e. The number of aryl methyl sites for hydroxylation is 1. The number of nitrogens with zero attached hydrogens (tertiary/aromatic N) is 2. The number of ether oxygens (including phenoxy) is 1. The fourth-order valence-electron chi connectivity index (χ4n) is 3.93. The molecule has 1 saturated heterocycles. The normalized spacial score (nSPS) is 18.5. The summed E-state index contributed by atoms with van der Waals surface area (Å²) in [7, 11) is 5.55. The highest BCUT2D eigenvalue weighted by Crippen LogP contribution is 2.26. The predicted octanol–water partition coefficient (Wildman–Crippen LogP) is 3.09. The lowest BCUT2D eigenvalue weighted by Crippen LogP contribution is -2.42. The average Bonchev–Trinajstić information content (AvgIpc) is 3.14. The quantitative estimate of drug-likeness (QED) is 0.558. The van der Waals surface area contributed by atoms with Crippen molar-refractivity contribution < 1.29 is 19.0 Å². The maximum atomic E-state index is 13.0. The summed E-state index contributed by atoms with van der Waals surface area (Å²) in [5.41, 5.74) is 7.44. The number of rotatable bonds is 6. The number of amides is 2. The summed E-state index contributed by atoms with van der Waals surface area (Å²) in [6.45, 7) is 2.01. The molecule has 0 aromatic heterocycles. The van der Waals surface area contributed by atoms with Gasteiger partial charge in [-0.15, -0.1) is 10.1 Å². The van der Waals surface area contributed by atoms with Crippen molar-refractivity contribution in [2.75, 3.05) is 26.1 Å². The largest absolute Gasteiger partial charge is 0.497 e. The van der Waals surface area contributed by atoms with Crippen LogP contribution in [0, 0.1) is 6.92 Å². The number of methoxy groups -OCH3 is 1. The average molecular weight is 458 g/mol. The summed E-state index contributed by atoms with van der Waals surface area (Å²) in [5.74, 6) is 0.0689. The second-order valence-electron chi connectivity index (χ2n) is 8.53. The second kappa shape index (κ2) is 9.79. The molecule has 2 N–H and O–H groups in total. The molecule has 0 saturated carbocycles. The lowest BCUT2D eigenvalue weighted by Gasteiger charge is -2.15. The zero-order valence-electron chi connectivity index (χ0n) is 19.8. The van der Waals surface area contributed by atoms with Gasteiger partial charge in [0.1, 0.15) is 5.75 Å². The van der Waals surface area contributed by atoms with Gasteiger partial charge in [0, 0.05) is 36.5 Å². The number of benzene rings is 3. The molecular formula is C27H29N4O3+. The van der Waals surface area contributed by atoms with Crippen LogP contribution in [0.25, 0.3) is 0 Å². The van der Waals surface area contributed by atoms with Crippen molar-refractivity contribution >= 4 is 23.7 Å². The molecule has 2 amide bonds. The third-order valence-corrected chi connectivity index (χ3v) is 5.89. The molecular weight excluding hydrogens is 428 g/mol. The Labute approximate surface area is 199 Å². The summed E-state index contributed by atoms with van der Waals surface area (Å²) in [5, 5.41) is 2.93. The molecule has 3 aromatic rings. The van der Waals surface area contributed by atoms with Gasteiger partial charge in [-0.05, 0) is 55.5 Å². The minimum absolute atomic E-state index is 0.270. The maximum Gasteiger partial charge on any atom is 0.304 e. The van der Waals surface area contributed by atoms with E-state index in [2.05, 4.69) is 10.7 Å². The zero-order chi connectivity index (χ0) is 24.2. The SMILES string of the molecule is COc1ccc(C(=O)N[C@H]2C(=O)N/[N+](=C\c3ccc(N(C)C)cc3)[C@H]2c2ccc(C)cc2)cc1. The minimum atomic E-state index is -0.769. The molecule has 174 valence electrons. The molecule has 0 unspecified atom stereocenters. The molecule has 3 aromatic carbocycles. The number of nitrogens with one attached hydrogen (secondary N) is 2. The third kappa shape index (κ3) is 4.93. The van der Waals surface area contributed by atoms with Gasteiger partial charge in [0.05, 0.1) is 7.11 Å². The van der Waals surface area contributed by atoms with Crippen LogP contribution in [0.5, 0.6) is 5.75 Å². The Hall–Kier alpha value is -4.13. The number of hydrazone groups is 1. The molecule has 7 nitrogen and oxygen atoms in total. The number of carbonyl (C=O) groups excluding carboxylic acids is 2. The first-order chi connectivity index (χ1) is 16.4. The minimum Gasteiger partial charge on any atom is -0.497 e. The first kappa shape index (κ1) is 23.0. The van der Waals surface area contributed by atoms with Gasteiger partial charge in [0.25, 0.3) is 5.91 Å². The molecule has 0 bridgehead atoms. The van der Waals surface area contributed by atoms with Gasteiger partial charge in [-0.1, -0.05) is 29.8 Å². The van der Waals surface area contributed by atoms with Gasteiger partial charge in [0.2, 0.25) is 12.3 Å². The van der Waals surface area contributed by atoms with E-state index < -0.39 is 12.1 Å². The fraction of sp³-hybridized carbons (Fsp3) is 0.222. The lowest BCUT2D eigenvalue weighted by atomic mass is 9.98. The van der Waals surface area contributed by atoms with Crippen LogP contribution >= 0.6 is 0 Å². The van der Waals surface area contributed by atoms with Crippen molar-refractivity contribution in [3.8, 4) is 5.75 Å². The van der Waals surface area contributed by atoms with E-state index in [0.29, 0.717) is 11.3 Å². The van der Waals surface area contributed by atoms with Crippen LogP contribution in [-0.2, 0) is 4.79 Å². The predicted molar refractivity (Wildman–Crippen MR) is 133 cm³/mol. The summed E-state index contributed by atoms with van der Waals surface area (Å²) in [4.78, 5) is 28.0. The van der Waals surface area contributed by atoms with Crippen LogP contribution in [0.1, 0.15) is 33.1 Å². The van der Waals surface area contributed by atoms with Crippen molar-refractivity contribution in [2.24, 2.45) is 0 Å². The van der Waals surface area contributed by atoms with E-state index in [4.69, 9.17) is 4.74 Å². The molecule has 0 radical (unpaired) electrons. The van der Waals surface area contributed by atoms with Gasteiger partial charge < -0.3 is 15.0 Å². The Morgan fingerprint density at radius 1 is 1.00 bits per heavy atom. The van der Waals surface area contributed by atoms with Crippen LogP contribution in [0.3, 0.4) is 0 Å². The molecule has 4 rings (SSSR count). The molecule has 1 aliphatic heterocycles. The van der Waals surface area contributed by atoms with E-state index >= 15 is 0 Å². The highest BCUT2D eigenvalue weighted by molar-refractivity contribution is 5.98. The molecule has 1 aliphatic rings. The summed E-state index contributed by atoms with van der Waals surface area (Å²) in [6.07, 6.45) is 1.89. The Morgan fingerprint density at radius 2 is 1.65 bits per heavy atom. The standard InChI is InChI=1S/C27H28N4O3/c1-18-5-9-20(10-6-18)25-24(28-26(32)21-11-15-23(34-4)16-12-21)27(33)29-31(25)17-19-7-13-22(14-8-19)30(2)3/h5-17,24-25H,1-4H3,(H-,28,29,32,33)/p+1/t24-,25+/m1/s1. The van der Waals surface area contributed by atoms with Crippen molar-refractivity contribution in [3.63, 3.8) is 0 Å². The number of hydrazine groups is 1. The van der Waals surface area contributed by atoms with Gasteiger partial charge in [-0.25, -0.2) is 0 Å². The number of hydrogen-bond acceptors (Lipinski definition) is 4. The Balaban J connectivity index is 1.66. The van der Waals surface area contributed by atoms with Gasteiger partial charge in [-0.2, -0.15) is 0 Å². The maximum absolute atomic E-state index is 13.0. The van der Waals surface area contributed by atoms with E-state index in [1.165, 1.54) is 0 Å². The summed E-state index contributed by atoms with van der Waals surface area (Å²) in [6, 6.07) is 21.6. The molecule has 0 spiro atoms. The topological polar surface area (TPSA) is 73.7 Å². The second-order valence-corrected chi connectivity index (χ2v) is 8.53. The Bertz CT molecular complexity index is 1200. The van der Waals surface area contributed by atoms with Crippen molar-refractivity contribution in [2.45, 2.75) is 19.0 Å². The Kier molecular flexibility index (Phi) is 6.63. The molecule has 34 heavy (non-hydrogen) atoms. The van der Waals surface area contributed by atoms with Crippen LogP contribution in [0.15, 0.2) is 72.8 Å². The van der Waals surface area contributed by atoms with E-state index in [1.54, 1.807) is 36.1 Å². The molecule has 1 heterocycles. The summed E-state index contributed by atoms with van der Waals surface area (Å²) < 4.78 is 6.94. The van der Waals surface area contributed by atoms with E-state index in [9.17, 15) is 9.59 Å². The first-order valence-corrected chi connectivity index (χ1v) is 11.1. The van der Waals surface area contributed by atoms with Gasteiger partial charge in [-0.3, -0.25) is 9.59 Å². The third-order valence-electron chi connectivity index (χ3n) is 5.89. The molecule has 2 atom stereocenters. The number of anilines is 1. The van der Waals surface area contributed by atoms with Crippen molar-refractivity contribution in [3.05, 3.63) is 95.1 Å². The van der Waals surface area contributed by atoms with Gasteiger partial charge in [0.15, 0.2) is 6.04 Å². The first-order valence-electron chi connectivity index (χ1n) is 11.1. The fourth-order valence-corrected chi connectivity index (χ4v) is 3.93. The van der Waals surface area contributed by atoms with Crippen LogP contribution in [0.2, 0.25) is 0 Å². The Morgan fingerprint density at radius 3 is 2.24 bits per heavy atom. The van der Waals surface area contributed by atoms with E-state index in [-0.39, 0.29) is 11.8 Å². The van der Waals surface area contributed by atoms with E-state index in [1.807, 2.05) is 80.7 Å². The van der Waals surface area contributed by atoms with E-state index in [0.717, 1.165) is 22.4 Å². The molecule has 1 fully saturated rings. The van der Waals surface area contributed by atoms with Crippen LogP contribution in [0.4, 0.5) is 5.69 Å². The molecule has 7 heteroatoms. The molecule has 0 aliphatic carbocycles. The monoisotopic (exact) mass is 457 g/mol. The van der Waals surface area contributed by atoms with Gasteiger partial charge >= 0.3 is 5.91 Å². The number of carbonyl (C=O) groups is 2. The highest BCUT2D eigenvalue weighted by atomic mass is 16.5. The summed E-state index contributed by atoms with van der Waals surface area (Å²) >= 11 is 0. The lowest BCUT2D eigenvalue weighted by molar-refractivity contribution is -0.596. The number of hydrogen-bond donors (Lipinski definition) is 2.